The van der Waals surface area contributed by atoms with E-state index in [1.807, 2.05) is 0 Å². The first-order chi connectivity index (χ1) is 7.54. The lowest BCUT2D eigenvalue weighted by molar-refractivity contribution is -0.384. The van der Waals surface area contributed by atoms with E-state index in [-0.39, 0.29) is 11.8 Å². The summed E-state index contributed by atoms with van der Waals surface area (Å²) in [6, 6.07) is 4.07. The van der Waals surface area contributed by atoms with Crippen LogP contribution in [0, 0.1) is 10.1 Å². The molecular formula is C10H12ClNO4. The van der Waals surface area contributed by atoms with E-state index in [0.717, 1.165) is 0 Å². The Morgan fingerprint density at radius 1 is 1.56 bits per heavy atom. The molecular weight excluding hydrogens is 234 g/mol. The Labute approximate surface area is 98.1 Å². The third kappa shape index (κ3) is 3.36. The van der Waals surface area contributed by atoms with E-state index < -0.39 is 4.92 Å². The van der Waals surface area contributed by atoms with Gasteiger partial charge in [-0.2, -0.15) is 0 Å². The van der Waals surface area contributed by atoms with Gasteiger partial charge in [-0.3, -0.25) is 10.1 Å². The number of nitrogens with zero attached hydrogens (tertiary/aromatic N) is 1. The molecule has 0 aromatic heterocycles. The Morgan fingerprint density at radius 3 is 2.81 bits per heavy atom. The summed E-state index contributed by atoms with van der Waals surface area (Å²) >= 11 is 5.86. The van der Waals surface area contributed by atoms with E-state index in [9.17, 15) is 10.1 Å². The van der Waals surface area contributed by atoms with Crippen LogP contribution in [0.4, 0.5) is 5.69 Å². The maximum atomic E-state index is 10.6. The monoisotopic (exact) mass is 245 g/mol. The van der Waals surface area contributed by atoms with Crippen LogP contribution in [0.1, 0.15) is 6.92 Å². The van der Waals surface area contributed by atoms with Gasteiger partial charge in [0.05, 0.1) is 22.6 Å². The number of non-ortho nitro benzene ring substituents is 1. The van der Waals surface area contributed by atoms with Crippen molar-refractivity contribution >= 4 is 17.3 Å². The normalized spacial score (nSPS) is 12.2. The van der Waals surface area contributed by atoms with Gasteiger partial charge in [-0.15, -0.1) is 0 Å². The lowest BCUT2D eigenvalue weighted by Gasteiger charge is -2.14. The van der Waals surface area contributed by atoms with Crippen LogP contribution < -0.4 is 4.74 Å². The summed E-state index contributed by atoms with van der Waals surface area (Å²) in [5, 5.41) is 10.9. The van der Waals surface area contributed by atoms with E-state index in [4.69, 9.17) is 21.1 Å². The largest absolute Gasteiger partial charge is 0.486 e. The predicted molar refractivity (Wildman–Crippen MR) is 60.1 cm³/mol. The van der Waals surface area contributed by atoms with E-state index in [0.29, 0.717) is 17.4 Å². The van der Waals surface area contributed by atoms with Crippen LogP contribution in [-0.4, -0.2) is 24.7 Å². The van der Waals surface area contributed by atoms with E-state index in [1.54, 1.807) is 14.0 Å². The van der Waals surface area contributed by atoms with Crippen LogP contribution >= 0.6 is 11.6 Å². The molecule has 0 saturated carbocycles. The molecule has 0 amide bonds. The molecule has 1 aromatic rings. The number of ether oxygens (including phenoxy) is 2. The molecule has 1 aromatic carbocycles. The Morgan fingerprint density at radius 2 is 2.25 bits per heavy atom. The maximum Gasteiger partial charge on any atom is 0.273 e. The SMILES string of the molecule is COCC(C)Oc1cc([N+](=O)[O-])ccc1Cl. The Kier molecular flexibility index (Phi) is 4.52. The van der Waals surface area contributed by atoms with Crippen molar-refractivity contribution in [3.8, 4) is 5.75 Å². The number of rotatable bonds is 5. The minimum Gasteiger partial charge on any atom is -0.486 e. The average molecular weight is 246 g/mol. The van der Waals surface area contributed by atoms with Crippen LogP contribution in [0.5, 0.6) is 5.75 Å². The summed E-state index contributed by atoms with van der Waals surface area (Å²) < 4.78 is 10.3. The Hall–Kier alpha value is -1.33. The molecule has 0 heterocycles. The van der Waals surface area contributed by atoms with Gasteiger partial charge in [0.15, 0.2) is 0 Å². The van der Waals surface area contributed by atoms with Crippen molar-refractivity contribution in [2.45, 2.75) is 13.0 Å². The number of hydrogen-bond donors (Lipinski definition) is 0. The molecule has 1 rings (SSSR count). The fourth-order valence-corrected chi connectivity index (χ4v) is 1.34. The van der Waals surface area contributed by atoms with Crippen molar-refractivity contribution in [2.75, 3.05) is 13.7 Å². The molecule has 0 aliphatic heterocycles. The molecule has 0 N–H and O–H groups in total. The van der Waals surface area contributed by atoms with Gasteiger partial charge in [-0.25, -0.2) is 0 Å². The number of halogens is 1. The van der Waals surface area contributed by atoms with Crippen molar-refractivity contribution in [3.05, 3.63) is 33.3 Å². The van der Waals surface area contributed by atoms with Crippen LogP contribution in [-0.2, 0) is 4.74 Å². The highest BCUT2D eigenvalue weighted by atomic mass is 35.5. The van der Waals surface area contributed by atoms with Gasteiger partial charge in [-0.1, -0.05) is 11.6 Å². The second kappa shape index (κ2) is 5.67. The Bertz CT molecular complexity index is 383. The van der Waals surface area contributed by atoms with Crippen LogP contribution in [0.25, 0.3) is 0 Å². The third-order valence-electron chi connectivity index (χ3n) is 1.86. The number of nitro benzene ring substituents is 1. The zero-order valence-corrected chi connectivity index (χ0v) is 9.73. The molecule has 0 aliphatic rings. The maximum absolute atomic E-state index is 10.6. The second-order valence-corrected chi connectivity index (χ2v) is 3.66. The summed E-state index contributed by atoms with van der Waals surface area (Å²) in [6.07, 6.45) is -0.218. The molecule has 5 nitrogen and oxygen atoms in total. The lowest BCUT2D eigenvalue weighted by Crippen LogP contribution is -2.18. The molecule has 0 saturated heterocycles. The summed E-state index contributed by atoms with van der Waals surface area (Å²) in [7, 11) is 1.55. The zero-order valence-electron chi connectivity index (χ0n) is 8.97. The highest BCUT2D eigenvalue weighted by Gasteiger charge is 2.13. The number of nitro groups is 1. The predicted octanol–water partition coefficient (Wildman–Crippen LogP) is 2.66. The average Bonchev–Trinajstić information content (AvgIpc) is 2.21. The van der Waals surface area contributed by atoms with Gasteiger partial charge in [0.1, 0.15) is 11.9 Å². The number of methoxy groups -OCH3 is 1. The van der Waals surface area contributed by atoms with Crippen LogP contribution in [0.3, 0.4) is 0 Å². The lowest BCUT2D eigenvalue weighted by atomic mass is 10.3. The Balaban J connectivity index is 2.85. The van der Waals surface area contributed by atoms with Gasteiger partial charge >= 0.3 is 0 Å². The molecule has 6 heteroatoms. The molecule has 16 heavy (non-hydrogen) atoms. The smallest absolute Gasteiger partial charge is 0.273 e. The summed E-state index contributed by atoms with van der Waals surface area (Å²) in [4.78, 5) is 10.1. The van der Waals surface area contributed by atoms with Crippen molar-refractivity contribution in [3.63, 3.8) is 0 Å². The summed E-state index contributed by atoms with van der Waals surface area (Å²) in [5.74, 6) is 0.292. The topological polar surface area (TPSA) is 61.6 Å². The minimum absolute atomic E-state index is 0.0518. The fourth-order valence-electron chi connectivity index (χ4n) is 1.18. The molecule has 0 spiro atoms. The first kappa shape index (κ1) is 12.7. The highest BCUT2D eigenvalue weighted by molar-refractivity contribution is 6.32. The van der Waals surface area contributed by atoms with E-state index in [2.05, 4.69) is 0 Å². The first-order valence-corrected chi connectivity index (χ1v) is 5.02. The third-order valence-corrected chi connectivity index (χ3v) is 2.17. The van der Waals surface area contributed by atoms with Gasteiger partial charge in [0.25, 0.3) is 5.69 Å². The zero-order chi connectivity index (χ0) is 12.1. The molecule has 0 bridgehead atoms. The van der Waals surface area contributed by atoms with Gasteiger partial charge in [0, 0.05) is 13.2 Å². The molecule has 0 fully saturated rings. The van der Waals surface area contributed by atoms with Crippen LogP contribution in [0.15, 0.2) is 18.2 Å². The van der Waals surface area contributed by atoms with Gasteiger partial charge in [-0.05, 0) is 13.0 Å². The molecule has 1 unspecified atom stereocenters. The van der Waals surface area contributed by atoms with Gasteiger partial charge < -0.3 is 9.47 Å². The van der Waals surface area contributed by atoms with Crippen molar-refractivity contribution in [1.82, 2.24) is 0 Å². The second-order valence-electron chi connectivity index (χ2n) is 3.26. The van der Waals surface area contributed by atoms with E-state index >= 15 is 0 Å². The van der Waals surface area contributed by atoms with Gasteiger partial charge in [0.2, 0.25) is 0 Å². The fraction of sp³-hybridized carbons (Fsp3) is 0.400. The quantitative estimate of drug-likeness (QED) is 0.591. The molecule has 88 valence electrons. The standard InChI is InChI=1S/C10H12ClNO4/c1-7(6-15-2)16-10-5-8(12(13)14)3-4-9(10)11/h3-5,7H,6H2,1-2H3. The molecule has 0 aliphatic carbocycles. The number of hydrogen-bond acceptors (Lipinski definition) is 4. The van der Waals surface area contributed by atoms with Crippen molar-refractivity contribution in [1.29, 1.82) is 0 Å². The van der Waals surface area contributed by atoms with E-state index in [1.165, 1.54) is 18.2 Å². The first-order valence-electron chi connectivity index (χ1n) is 4.64. The molecule has 1 atom stereocenters. The minimum atomic E-state index is -0.496. The summed E-state index contributed by atoms with van der Waals surface area (Å²) in [5.41, 5.74) is -0.0518. The number of benzene rings is 1. The summed E-state index contributed by atoms with van der Waals surface area (Å²) in [6.45, 7) is 2.18. The van der Waals surface area contributed by atoms with Crippen molar-refractivity contribution in [2.24, 2.45) is 0 Å². The highest BCUT2D eigenvalue weighted by Crippen LogP contribution is 2.29. The molecule has 0 radical (unpaired) electrons. The van der Waals surface area contributed by atoms with Crippen LogP contribution in [0.2, 0.25) is 5.02 Å². The van der Waals surface area contributed by atoms with Crippen molar-refractivity contribution < 1.29 is 14.4 Å².